The summed E-state index contributed by atoms with van der Waals surface area (Å²) < 4.78 is 17.4. The van der Waals surface area contributed by atoms with Crippen LogP contribution in [0.4, 0.5) is 5.69 Å². The Hall–Kier alpha value is -2.73. The van der Waals surface area contributed by atoms with Crippen molar-refractivity contribution in [3.63, 3.8) is 0 Å². The molecule has 0 heterocycles. The molecule has 0 spiro atoms. The molecule has 1 atom stereocenters. The molecule has 2 aromatic carbocycles. The lowest BCUT2D eigenvalue weighted by molar-refractivity contribution is 0.102. The number of carbonyl (C=O) groups excluding carboxylic acids is 1. The number of hydrogen-bond donors (Lipinski definition) is 2. The van der Waals surface area contributed by atoms with E-state index < -0.39 is 0 Å². The van der Waals surface area contributed by atoms with Crippen LogP contribution in [0.5, 0.6) is 17.2 Å². The molecule has 0 bridgehead atoms. The van der Waals surface area contributed by atoms with Crippen molar-refractivity contribution in [2.24, 2.45) is 5.73 Å². The van der Waals surface area contributed by atoms with Crippen molar-refractivity contribution < 1.29 is 19.0 Å². The van der Waals surface area contributed by atoms with Gasteiger partial charge in [-0.2, -0.15) is 0 Å². The van der Waals surface area contributed by atoms with Gasteiger partial charge in [0.1, 0.15) is 23.9 Å². The zero-order chi connectivity index (χ0) is 22.4. The van der Waals surface area contributed by atoms with E-state index in [0.29, 0.717) is 29.4 Å². The van der Waals surface area contributed by atoms with Gasteiger partial charge in [0.25, 0.3) is 5.91 Å². The van der Waals surface area contributed by atoms with Crippen molar-refractivity contribution in [1.82, 2.24) is 0 Å². The fraction of sp³-hybridized carbons (Fsp3) is 0.458. The van der Waals surface area contributed by atoms with Crippen molar-refractivity contribution in [3.05, 3.63) is 47.0 Å². The molecule has 0 radical (unpaired) electrons. The van der Waals surface area contributed by atoms with Gasteiger partial charge in [0.15, 0.2) is 0 Å². The van der Waals surface area contributed by atoms with E-state index in [-0.39, 0.29) is 24.2 Å². The van der Waals surface area contributed by atoms with Gasteiger partial charge in [0, 0.05) is 35.5 Å². The first-order valence-electron chi connectivity index (χ1n) is 10.3. The quantitative estimate of drug-likeness (QED) is 0.612. The fourth-order valence-corrected chi connectivity index (χ4v) is 3.05. The first kappa shape index (κ1) is 23.5. The number of ether oxygens (including phenoxy) is 3. The number of amides is 1. The third-order valence-electron chi connectivity index (χ3n) is 4.09. The predicted molar refractivity (Wildman–Crippen MR) is 121 cm³/mol. The average Bonchev–Trinajstić information content (AvgIpc) is 2.59. The molecule has 0 aliphatic carbocycles. The lowest BCUT2D eigenvalue weighted by Crippen LogP contribution is -2.24. The molecular weight excluding hydrogens is 380 g/mol. The maximum Gasteiger partial charge on any atom is 0.255 e. The van der Waals surface area contributed by atoms with Crippen LogP contribution in [0.25, 0.3) is 0 Å². The number of anilines is 1. The summed E-state index contributed by atoms with van der Waals surface area (Å²) in [7, 11) is 0. The molecule has 0 saturated heterocycles. The number of nitrogens with two attached hydrogens (primary N) is 1. The Balaban J connectivity index is 2.26. The maximum absolute atomic E-state index is 12.9. The molecule has 2 rings (SSSR count). The second-order valence-corrected chi connectivity index (χ2v) is 8.21. The van der Waals surface area contributed by atoms with Gasteiger partial charge in [0.05, 0.1) is 12.2 Å². The van der Waals surface area contributed by atoms with Gasteiger partial charge < -0.3 is 25.3 Å². The molecule has 6 heteroatoms. The van der Waals surface area contributed by atoms with Crippen molar-refractivity contribution in [3.8, 4) is 17.2 Å². The number of benzene rings is 2. The standard InChI is InChI=1S/C24H34N2O4/c1-14(2)29-21-10-20(11-22(12-21)30-15(3)4)26-24(27)19-8-16(5)23(17(6)9-19)28-13-18(7)25/h8-12,14-15,18H,13,25H2,1-7H3,(H,26,27)/t18-/m1/s1. The molecule has 0 fully saturated rings. The Bertz CT molecular complexity index is 824. The normalized spacial score (nSPS) is 12.1. The minimum atomic E-state index is -0.211. The average molecular weight is 415 g/mol. The van der Waals surface area contributed by atoms with E-state index in [1.165, 1.54) is 0 Å². The number of hydrogen-bond acceptors (Lipinski definition) is 5. The molecule has 0 aliphatic rings. The molecule has 2 aromatic rings. The minimum Gasteiger partial charge on any atom is -0.491 e. The van der Waals surface area contributed by atoms with Crippen LogP contribution in [0, 0.1) is 13.8 Å². The van der Waals surface area contributed by atoms with Gasteiger partial charge in [-0.25, -0.2) is 0 Å². The zero-order valence-corrected chi connectivity index (χ0v) is 19.0. The van der Waals surface area contributed by atoms with Gasteiger partial charge in [-0.1, -0.05) is 0 Å². The van der Waals surface area contributed by atoms with Gasteiger partial charge in [-0.3, -0.25) is 4.79 Å². The van der Waals surface area contributed by atoms with Crippen molar-refractivity contribution >= 4 is 11.6 Å². The van der Waals surface area contributed by atoms with Crippen molar-refractivity contribution in [1.29, 1.82) is 0 Å². The Morgan fingerprint density at radius 2 is 1.40 bits per heavy atom. The first-order chi connectivity index (χ1) is 14.0. The number of rotatable bonds is 9. The van der Waals surface area contributed by atoms with E-state index in [2.05, 4.69) is 5.32 Å². The van der Waals surface area contributed by atoms with Crippen molar-refractivity contribution in [2.75, 3.05) is 11.9 Å². The van der Waals surface area contributed by atoms with Gasteiger partial charge in [0.2, 0.25) is 0 Å². The van der Waals surface area contributed by atoms with E-state index in [4.69, 9.17) is 19.9 Å². The SMILES string of the molecule is Cc1cc(C(=O)Nc2cc(OC(C)C)cc(OC(C)C)c2)cc(C)c1OC[C@@H](C)N. The second-order valence-electron chi connectivity index (χ2n) is 8.21. The lowest BCUT2D eigenvalue weighted by Gasteiger charge is -2.17. The topological polar surface area (TPSA) is 82.8 Å². The molecule has 164 valence electrons. The number of nitrogens with one attached hydrogen (secondary N) is 1. The summed E-state index contributed by atoms with van der Waals surface area (Å²) in [5.41, 5.74) is 8.73. The van der Waals surface area contributed by atoms with E-state index in [0.717, 1.165) is 16.9 Å². The summed E-state index contributed by atoms with van der Waals surface area (Å²) in [6, 6.07) is 9.00. The summed E-state index contributed by atoms with van der Waals surface area (Å²) in [6.45, 7) is 14.0. The monoisotopic (exact) mass is 414 g/mol. The van der Waals surface area contributed by atoms with Crippen LogP contribution in [-0.2, 0) is 0 Å². The third kappa shape index (κ3) is 6.95. The number of carbonyl (C=O) groups is 1. The van der Waals surface area contributed by atoms with Crippen LogP contribution in [-0.4, -0.2) is 30.8 Å². The largest absolute Gasteiger partial charge is 0.491 e. The van der Waals surface area contributed by atoms with Gasteiger partial charge in [-0.05, 0) is 71.7 Å². The smallest absolute Gasteiger partial charge is 0.255 e. The van der Waals surface area contributed by atoms with E-state index in [9.17, 15) is 4.79 Å². The van der Waals surface area contributed by atoms with Crippen LogP contribution in [0.2, 0.25) is 0 Å². The molecule has 30 heavy (non-hydrogen) atoms. The molecule has 0 aliphatic heterocycles. The molecule has 0 saturated carbocycles. The maximum atomic E-state index is 12.9. The van der Waals surface area contributed by atoms with E-state index >= 15 is 0 Å². The summed E-state index contributed by atoms with van der Waals surface area (Å²) in [4.78, 5) is 12.9. The second kappa shape index (κ2) is 10.3. The number of aryl methyl sites for hydroxylation is 2. The Morgan fingerprint density at radius 3 is 1.83 bits per heavy atom. The lowest BCUT2D eigenvalue weighted by atomic mass is 10.0. The highest BCUT2D eigenvalue weighted by Crippen LogP contribution is 2.29. The minimum absolute atomic E-state index is 0.0111. The highest BCUT2D eigenvalue weighted by atomic mass is 16.5. The Morgan fingerprint density at radius 1 is 0.900 bits per heavy atom. The third-order valence-corrected chi connectivity index (χ3v) is 4.09. The highest BCUT2D eigenvalue weighted by molar-refractivity contribution is 6.04. The summed E-state index contributed by atoms with van der Waals surface area (Å²) >= 11 is 0. The molecular formula is C24H34N2O4. The summed E-state index contributed by atoms with van der Waals surface area (Å²) in [5.74, 6) is 1.84. The van der Waals surface area contributed by atoms with Crippen LogP contribution in [0.3, 0.4) is 0 Å². The van der Waals surface area contributed by atoms with Crippen molar-refractivity contribution in [2.45, 2.75) is 66.7 Å². The van der Waals surface area contributed by atoms with Gasteiger partial charge >= 0.3 is 0 Å². The molecule has 0 aromatic heterocycles. The van der Waals surface area contributed by atoms with Crippen LogP contribution in [0.1, 0.15) is 56.1 Å². The molecule has 6 nitrogen and oxygen atoms in total. The Labute approximate surface area is 179 Å². The van der Waals surface area contributed by atoms with Crippen LogP contribution in [0.15, 0.2) is 30.3 Å². The Kier molecular flexibility index (Phi) is 8.12. The first-order valence-corrected chi connectivity index (χ1v) is 10.3. The van der Waals surface area contributed by atoms with Crippen LogP contribution < -0.4 is 25.3 Å². The van der Waals surface area contributed by atoms with E-state index in [1.54, 1.807) is 12.1 Å². The van der Waals surface area contributed by atoms with Crippen LogP contribution >= 0.6 is 0 Å². The molecule has 1 amide bonds. The fourth-order valence-electron chi connectivity index (χ4n) is 3.05. The van der Waals surface area contributed by atoms with Gasteiger partial charge in [-0.15, -0.1) is 0 Å². The van der Waals surface area contributed by atoms with E-state index in [1.807, 2.05) is 66.7 Å². The highest BCUT2D eigenvalue weighted by Gasteiger charge is 2.14. The summed E-state index contributed by atoms with van der Waals surface area (Å²) in [5, 5.41) is 2.95. The zero-order valence-electron chi connectivity index (χ0n) is 19.0. The molecule has 3 N–H and O–H groups in total. The molecule has 0 unspecified atom stereocenters. The summed E-state index contributed by atoms with van der Waals surface area (Å²) in [6.07, 6.45) is 0.0221. The predicted octanol–water partition coefficient (Wildman–Crippen LogP) is 4.86.